The van der Waals surface area contributed by atoms with Crippen molar-refractivity contribution in [3.05, 3.63) is 64.5 Å². The molecule has 0 aliphatic rings. The number of nitriles is 1. The van der Waals surface area contributed by atoms with Gasteiger partial charge in [-0.15, -0.1) is 15.6 Å². The van der Waals surface area contributed by atoms with Gasteiger partial charge in [0.25, 0.3) is 10.0 Å². The molecule has 0 saturated carbocycles. The number of halogens is 2. The number of hydrogen-bond acceptors (Lipinski definition) is 9. The van der Waals surface area contributed by atoms with E-state index < -0.39 is 32.4 Å². The second-order valence-corrected chi connectivity index (χ2v) is 11.6. The molecule has 0 spiro atoms. The number of amides is 1. The molecule has 0 unspecified atom stereocenters. The van der Waals surface area contributed by atoms with Crippen molar-refractivity contribution in [1.29, 1.82) is 5.26 Å². The van der Waals surface area contributed by atoms with Crippen LogP contribution in [0.4, 0.5) is 32.1 Å². The average molecular weight is 565 g/mol. The largest absolute Gasteiger partial charge is 0.443 e. The second kappa shape index (κ2) is 10.9. The van der Waals surface area contributed by atoms with Crippen LogP contribution in [0.5, 0.6) is 0 Å². The van der Waals surface area contributed by atoms with Crippen molar-refractivity contribution in [3.63, 3.8) is 0 Å². The molecule has 3 aromatic rings. The number of sulfonamides is 1. The minimum absolute atomic E-state index is 0.0685. The number of benzene rings is 2. The molecule has 0 aliphatic heterocycles. The summed E-state index contributed by atoms with van der Waals surface area (Å²) in [5, 5.41) is 13.4. The van der Waals surface area contributed by atoms with Gasteiger partial charge in [-0.3, -0.25) is 0 Å². The highest BCUT2D eigenvalue weighted by molar-refractivity contribution is 7.93. The summed E-state index contributed by atoms with van der Waals surface area (Å²) in [5.41, 5.74) is 1.87. The third-order valence-electron chi connectivity index (χ3n) is 4.87. The second-order valence-electron chi connectivity index (χ2n) is 8.75. The van der Waals surface area contributed by atoms with Gasteiger partial charge in [-0.25, -0.2) is 22.6 Å². The van der Waals surface area contributed by atoms with Gasteiger partial charge < -0.3 is 15.0 Å². The highest BCUT2D eigenvalue weighted by Gasteiger charge is 2.38. The van der Waals surface area contributed by atoms with Gasteiger partial charge >= 0.3 is 6.09 Å². The van der Waals surface area contributed by atoms with E-state index in [9.17, 15) is 18.5 Å². The monoisotopic (exact) mass is 564 g/mol. The van der Waals surface area contributed by atoms with Crippen LogP contribution in [0.25, 0.3) is 0 Å². The summed E-state index contributed by atoms with van der Waals surface area (Å²) in [5.74, 6) is -1.40. The van der Waals surface area contributed by atoms with Crippen molar-refractivity contribution in [1.82, 2.24) is 4.98 Å². The zero-order valence-corrected chi connectivity index (χ0v) is 22.8. The van der Waals surface area contributed by atoms with E-state index in [4.69, 9.17) is 16.3 Å². The van der Waals surface area contributed by atoms with Crippen LogP contribution >= 0.6 is 22.9 Å². The molecule has 0 bridgehead atoms. The maximum atomic E-state index is 15.3. The van der Waals surface area contributed by atoms with Crippen LogP contribution in [0.15, 0.2) is 46.1 Å². The van der Waals surface area contributed by atoms with E-state index in [0.717, 1.165) is 23.5 Å². The Morgan fingerprint density at radius 1 is 1.30 bits per heavy atom. The van der Waals surface area contributed by atoms with Gasteiger partial charge in [0.2, 0.25) is 0 Å². The highest BCUT2D eigenvalue weighted by atomic mass is 35.5. The van der Waals surface area contributed by atoms with E-state index in [0.29, 0.717) is 27.8 Å². The van der Waals surface area contributed by atoms with Crippen molar-refractivity contribution < 1.29 is 22.3 Å². The molecule has 195 valence electrons. The van der Waals surface area contributed by atoms with Crippen LogP contribution in [-0.4, -0.2) is 38.7 Å². The Hall–Kier alpha value is -3.40. The van der Waals surface area contributed by atoms with Crippen LogP contribution in [0.1, 0.15) is 26.3 Å². The number of anilines is 4. The Balaban J connectivity index is 2.06. The molecular formula is C24H24ClFN5O4S2. The third-order valence-corrected chi connectivity index (χ3v) is 7.44. The molecule has 1 aromatic heterocycles. The van der Waals surface area contributed by atoms with Gasteiger partial charge in [-0.2, -0.15) is 5.26 Å². The highest BCUT2D eigenvalue weighted by Crippen LogP contribution is 2.36. The number of rotatable bonds is 7. The Labute approximate surface area is 224 Å². The quantitative estimate of drug-likeness (QED) is 0.374. The number of thiazole rings is 1. The van der Waals surface area contributed by atoms with Crippen molar-refractivity contribution in [2.45, 2.75) is 31.3 Å². The molecule has 1 radical (unpaired) electrons. The summed E-state index contributed by atoms with van der Waals surface area (Å²) in [6, 6.07) is 8.69. The van der Waals surface area contributed by atoms with Crippen molar-refractivity contribution in [2.75, 3.05) is 28.1 Å². The summed E-state index contributed by atoms with van der Waals surface area (Å²) in [7, 11) is -3.05. The predicted octanol–water partition coefficient (Wildman–Crippen LogP) is 5.95. The third kappa shape index (κ3) is 6.30. The van der Waals surface area contributed by atoms with Crippen molar-refractivity contribution >= 4 is 61.9 Å². The minimum atomic E-state index is -4.81. The fraction of sp³-hybridized carbons (Fsp3) is 0.250. The molecule has 9 nitrogen and oxygen atoms in total. The number of nitrogens with zero attached hydrogens (tertiary/aromatic N) is 4. The van der Waals surface area contributed by atoms with E-state index in [-0.39, 0.29) is 16.5 Å². The van der Waals surface area contributed by atoms with Gasteiger partial charge in [-0.1, -0.05) is 11.6 Å². The molecule has 37 heavy (non-hydrogen) atoms. The molecule has 0 saturated heterocycles. The van der Waals surface area contributed by atoms with Gasteiger partial charge in [0.05, 0.1) is 39.2 Å². The van der Waals surface area contributed by atoms with E-state index in [1.54, 1.807) is 50.9 Å². The first-order valence-electron chi connectivity index (χ1n) is 10.8. The van der Waals surface area contributed by atoms with Crippen LogP contribution in [-0.2, 0) is 14.8 Å². The molecule has 1 heterocycles. The first-order chi connectivity index (χ1) is 17.3. The van der Waals surface area contributed by atoms with Gasteiger partial charge in [0, 0.05) is 25.0 Å². The van der Waals surface area contributed by atoms with E-state index in [1.165, 1.54) is 10.9 Å². The average Bonchev–Trinajstić information content (AvgIpc) is 3.33. The lowest BCUT2D eigenvalue weighted by molar-refractivity contribution is 0.0608. The first-order valence-corrected chi connectivity index (χ1v) is 13.5. The molecule has 1 amide bonds. The number of nitrogens with one attached hydrogen (secondary N) is 1. The summed E-state index contributed by atoms with van der Waals surface area (Å²) >= 11 is 7.43. The maximum Gasteiger partial charge on any atom is 0.430 e. The van der Waals surface area contributed by atoms with Crippen molar-refractivity contribution in [3.8, 4) is 6.07 Å². The van der Waals surface area contributed by atoms with Gasteiger partial charge in [-0.05, 0) is 52.0 Å². The summed E-state index contributed by atoms with van der Waals surface area (Å²) in [4.78, 5) is 17.7. The Morgan fingerprint density at radius 3 is 2.57 bits per heavy atom. The Bertz CT molecular complexity index is 1450. The lowest BCUT2D eigenvalue weighted by Gasteiger charge is -2.26. The number of aromatic nitrogens is 1. The lowest BCUT2D eigenvalue weighted by atomic mass is 10.1. The normalized spacial score (nSPS) is 11.5. The zero-order chi connectivity index (χ0) is 27.5. The molecule has 0 aliphatic carbocycles. The van der Waals surface area contributed by atoms with E-state index >= 15 is 4.39 Å². The number of carbonyl (C=O) groups is 1. The molecule has 0 fully saturated rings. The minimum Gasteiger partial charge on any atom is -0.443 e. The Kier molecular flexibility index (Phi) is 8.32. The van der Waals surface area contributed by atoms with E-state index in [1.807, 2.05) is 0 Å². The molecular weight excluding hydrogens is 541 g/mol. The molecule has 3 rings (SSSR count). The summed E-state index contributed by atoms with van der Waals surface area (Å²) in [6.07, 6.45) is -1.24. The number of carbonyl (C=O) groups excluding carboxylic acids is 1. The zero-order valence-electron chi connectivity index (χ0n) is 20.4. The molecule has 13 heteroatoms. The SMILES string of the molecule is [CH2]CN(C)c1cc(C#N)ccc1Nc1cc(F)c(S(=O)(=O)N(C(=O)OC(C)(C)C)c2cscn2)cc1Cl. The van der Waals surface area contributed by atoms with E-state index in [2.05, 4.69) is 23.3 Å². The first kappa shape index (κ1) is 28.2. The van der Waals surface area contributed by atoms with Gasteiger partial charge in [0.15, 0.2) is 5.82 Å². The molecule has 1 N–H and O–H groups in total. The number of hydrogen-bond donors (Lipinski definition) is 1. The molecule has 0 atom stereocenters. The fourth-order valence-electron chi connectivity index (χ4n) is 3.13. The summed E-state index contributed by atoms with van der Waals surface area (Å²) in [6.45, 7) is 8.90. The van der Waals surface area contributed by atoms with Crippen LogP contribution in [0.2, 0.25) is 5.02 Å². The smallest absolute Gasteiger partial charge is 0.430 e. The standard InChI is InChI=1S/C24H24ClFN5O4S2/c1-6-30(5)20-9-15(12-27)7-8-18(20)29-19-11-17(26)21(10-16(19)25)37(33,34)31(22-13-36-14-28-22)23(32)35-24(2,3)4/h7-11,13-14,29H,1,6H2,2-5H3. The topological polar surface area (TPSA) is 116 Å². The maximum absolute atomic E-state index is 15.3. The van der Waals surface area contributed by atoms with Crippen LogP contribution < -0.4 is 14.5 Å². The fourth-order valence-corrected chi connectivity index (χ4v) is 5.34. The molecule has 2 aromatic carbocycles. The van der Waals surface area contributed by atoms with Crippen LogP contribution in [0.3, 0.4) is 0 Å². The van der Waals surface area contributed by atoms with Crippen molar-refractivity contribution in [2.24, 2.45) is 0 Å². The number of ether oxygens (including phenoxy) is 1. The lowest BCUT2D eigenvalue weighted by Crippen LogP contribution is -2.41. The summed E-state index contributed by atoms with van der Waals surface area (Å²) < 4.78 is 47.8. The predicted molar refractivity (Wildman–Crippen MR) is 142 cm³/mol. The van der Waals surface area contributed by atoms with Gasteiger partial charge in [0.1, 0.15) is 16.3 Å². The Morgan fingerprint density at radius 2 is 2.00 bits per heavy atom. The van der Waals surface area contributed by atoms with Crippen LogP contribution in [0, 0.1) is 24.1 Å².